The number of nitrogens with one attached hydrogen (secondary N) is 4. The lowest BCUT2D eigenvalue weighted by Crippen LogP contribution is -2.55. The lowest BCUT2D eigenvalue weighted by atomic mass is 10.0. The van der Waals surface area contributed by atoms with Gasteiger partial charge < -0.3 is 41.1 Å². The zero-order valence-electron chi connectivity index (χ0n) is 32.3. The van der Waals surface area contributed by atoms with Crippen LogP contribution in [0.3, 0.4) is 0 Å². The first kappa shape index (κ1) is 39.1. The molecule has 3 aliphatic heterocycles. The van der Waals surface area contributed by atoms with Crippen LogP contribution in [0.4, 0.5) is 28.8 Å². The average Bonchev–Trinajstić information content (AvgIpc) is 3.86. The minimum absolute atomic E-state index is 0.0402. The number of imide groups is 1. The van der Waals surface area contributed by atoms with Crippen LogP contribution in [0.1, 0.15) is 91.0 Å². The summed E-state index contributed by atoms with van der Waals surface area (Å²) in [5.41, 5.74) is 9.19. The number of hydrogen-bond acceptors (Lipinski definition) is 12. The van der Waals surface area contributed by atoms with E-state index in [0.29, 0.717) is 58.3 Å². The molecule has 6 N–H and O–H groups in total. The quantitative estimate of drug-likeness (QED) is 0.125. The van der Waals surface area contributed by atoms with Gasteiger partial charge in [0, 0.05) is 55.0 Å². The molecule has 4 aliphatic rings. The highest BCUT2D eigenvalue weighted by atomic mass is 16.5. The van der Waals surface area contributed by atoms with Gasteiger partial charge in [-0.05, 0) is 68.9 Å². The van der Waals surface area contributed by atoms with E-state index < -0.39 is 23.9 Å². The molecule has 17 nitrogen and oxygen atoms in total. The summed E-state index contributed by atoms with van der Waals surface area (Å²) < 4.78 is 5.63. The third kappa shape index (κ3) is 7.83. The Morgan fingerprint density at radius 3 is 2.60 bits per heavy atom. The van der Waals surface area contributed by atoms with Gasteiger partial charge in [0.05, 0.1) is 25.0 Å². The molecular formula is C40H48N10O7. The number of aromatic nitrogens is 2. The Balaban J connectivity index is 0.926. The lowest BCUT2D eigenvalue weighted by molar-refractivity contribution is -0.137. The van der Waals surface area contributed by atoms with Gasteiger partial charge in [0.15, 0.2) is 5.82 Å². The van der Waals surface area contributed by atoms with Gasteiger partial charge in [0.25, 0.3) is 11.8 Å². The Kier molecular flexibility index (Phi) is 11.4. The first-order valence-electron chi connectivity index (χ1n) is 19.5. The number of nitrogens with zero attached hydrogens (tertiary/aromatic N) is 5. The predicted molar refractivity (Wildman–Crippen MR) is 211 cm³/mol. The van der Waals surface area contributed by atoms with Crippen molar-refractivity contribution in [2.75, 3.05) is 41.1 Å². The molecule has 0 radical (unpaired) electrons. The number of likely N-dealkylation sites (N-methyl/N-ethyl adjacent to an activating group) is 1. The van der Waals surface area contributed by atoms with Crippen LogP contribution in [0.5, 0.6) is 5.75 Å². The van der Waals surface area contributed by atoms with Gasteiger partial charge in [-0.3, -0.25) is 34.1 Å². The Morgan fingerprint density at radius 2 is 1.86 bits per heavy atom. The lowest BCUT2D eigenvalue weighted by Gasteiger charge is -2.43. The molecule has 1 unspecified atom stereocenters. The van der Waals surface area contributed by atoms with E-state index in [1.807, 2.05) is 6.92 Å². The fourth-order valence-electron chi connectivity index (χ4n) is 8.18. The first-order chi connectivity index (χ1) is 27.5. The molecule has 17 heteroatoms. The normalized spacial score (nSPS) is 19.9. The van der Waals surface area contributed by atoms with Crippen molar-refractivity contribution in [2.45, 2.75) is 95.4 Å². The van der Waals surface area contributed by atoms with Gasteiger partial charge in [-0.25, -0.2) is 4.98 Å². The summed E-state index contributed by atoms with van der Waals surface area (Å²) >= 11 is 0. The average molecular weight is 781 g/mol. The fraction of sp³-hybridized carbons (Fsp3) is 0.450. The van der Waals surface area contributed by atoms with Gasteiger partial charge in [0.1, 0.15) is 23.5 Å². The van der Waals surface area contributed by atoms with Gasteiger partial charge in [-0.15, -0.1) is 0 Å². The number of amides is 6. The highest BCUT2D eigenvalue weighted by molar-refractivity contribution is 6.07. The molecule has 4 heterocycles. The third-order valence-corrected chi connectivity index (χ3v) is 11.3. The van der Waals surface area contributed by atoms with E-state index >= 15 is 0 Å². The number of anilines is 5. The monoisotopic (exact) mass is 780 g/mol. The maximum atomic E-state index is 13.3. The summed E-state index contributed by atoms with van der Waals surface area (Å²) in [6, 6.07) is 8.23. The Bertz CT molecular complexity index is 2100. The topological polar surface area (TPSA) is 221 Å². The maximum Gasteiger partial charge on any atom is 0.255 e. The van der Waals surface area contributed by atoms with E-state index in [1.165, 1.54) is 12.0 Å². The number of piperidine rings is 1. The highest BCUT2D eigenvalue weighted by Crippen LogP contribution is 2.40. The molecule has 2 aromatic carbocycles. The van der Waals surface area contributed by atoms with Gasteiger partial charge in [0.2, 0.25) is 29.6 Å². The summed E-state index contributed by atoms with van der Waals surface area (Å²) in [5.74, 6) is -0.501. The van der Waals surface area contributed by atoms with Crippen molar-refractivity contribution in [2.24, 2.45) is 5.73 Å². The first-order valence-corrected chi connectivity index (χ1v) is 19.5. The Labute approximate surface area is 330 Å². The molecule has 6 amide bonds. The molecular weight excluding hydrogens is 733 g/mol. The molecule has 7 rings (SSSR count). The van der Waals surface area contributed by atoms with Crippen LogP contribution in [-0.2, 0) is 25.7 Å². The molecule has 1 saturated carbocycles. The number of fused-ring (bicyclic) bond motifs is 2. The second-order valence-corrected chi connectivity index (χ2v) is 14.8. The van der Waals surface area contributed by atoms with E-state index in [9.17, 15) is 28.8 Å². The van der Waals surface area contributed by atoms with Gasteiger partial charge >= 0.3 is 0 Å². The molecule has 2 fully saturated rings. The minimum atomic E-state index is -0.892. The number of hydrogen-bond donors (Lipinski definition) is 5. The van der Waals surface area contributed by atoms with Crippen LogP contribution in [0.2, 0.25) is 0 Å². The van der Waals surface area contributed by atoms with Crippen molar-refractivity contribution >= 4 is 64.3 Å². The maximum absolute atomic E-state index is 13.3. The molecule has 1 aliphatic carbocycles. The summed E-state index contributed by atoms with van der Waals surface area (Å²) in [6.07, 6.45) is 7.65. The van der Waals surface area contributed by atoms with Crippen molar-refractivity contribution in [1.29, 1.82) is 0 Å². The van der Waals surface area contributed by atoms with Crippen molar-refractivity contribution < 1.29 is 33.5 Å². The molecule has 300 valence electrons. The third-order valence-electron chi connectivity index (χ3n) is 11.3. The van der Waals surface area contributed by atoms with E-state index in [1.54, 1.807) is 54.5 Å². The van der Waals surface area contributed by atoms with E-state index in [-0.39, 0.29) is 68.1 Å². The predicted octanol–water partition coefficient (Wildman–Crippen LogP) is 2.97. The summed E-state index contributed by atoms with van der Waals surface area (Å²) in [7, 11) is 3.26. The van der Waals surface area contributed by atoms with Crippen LogP contribution < -0.4 is 41.5 Å². The number of ether oxygens (including phenoxy) is 1. The number of rotatable bonds is 13. The highest BCUT2D eigenvalue weighted by Gasteiger charge is 2.42. The van der Waals surface area contributed by atoms with Crippen LogP contribution in [0, 0.1) is 0 Å². The van der Waals surface area contributed by atoms with Crippen LogP contribution in [0.15, 0.2) is 42.6 Å². The van der Waals surface area contributed by atoms with Crippen molar-refractivity contribution in [3.05, 3.63) is 59.3 Å². The standard InChI is InChI=1S/C40H48N10O7/c1-4-29-39(56)48(2)31-20-43-40(47-34(31)50(29)23-9-5-6-10-23)45-28-15-14-22(19-32(28)57-3)35(52)42-18-8-12-26(41)36(53)44-27-13-7-11-24-25(27)21-49(38(24)55)30-16-17-33(51)46-37(30)54/h7,11,13-15,19-20,23,26,29-30H,4-6,8-10,12,16-18,21,41H2,1-3H3,(H,42,52)(H,44,53)(H,43,45,47)(H,46,51,54)/t26-,29-,30?/m1/s1. The summed E-state index contributed by atoms with van der Waals surface area (Å²) in [6.45, 7) is 2.39. The van der Waals surface area contributed by atoms with Crippen molar-refractivity contribution in [3.63, 3.8) is 0 Å². The minimum Gasteiger partial charge on any atom is -0.495 e. The van der Waals surface area contributed by atoms with Gasteiger partial charge in [-0.1, -0.05) is 25.8 Å². The molecule has 0 bridgehead atoms. The number of carbonyl (C=O) groups is 6. The van der Waals surface area contributed by atoms with Crippen LogP contribution >= 0.6 is 0 Å². The number of benzene rings is 2. The number of carbonyl (C=O) groups excluding carboxylic acids is 6. The fourth-order valence-corrected chi connectivity index (χ4v) is 8.18. The SMILES string of the molecule is CC[C@@H]1C(=O)N(C)c2cnc(Nc3ccc(C(=O)NCCC[C@@H](N)C(=O)Nc4cccc5c4CN(C4CCC(=O)NC4=O)C5=O)cc3OC)nc2N1C1CCCC1. The zero-order valence-corrected chi connectivity index (χ0v) is 32.3. The summed E-state index contributed by atoms with van der Waals surface area (Å²) in [5, 5.41) is 11.2. The van der Waals surface area contributed by atoms with E-state index in [2.05, 4.69) is 31.2 Å². The number of nitrogens with two attached hydrogens (primary N) is 1. The van der Waals surface area contributed by atoms with E-state index in [0.717, 1.165) is 31.5 Å². The van der Waals surface area contributed by atoms with Crippen LogP contribution in [0.25, 0.3) is 0 Å². The smallest absolute Gasteiger partial charge is 0.255 e. The zero-order chi connectivity index (χ0) is 40.4. The van der Waals surface area contributed by atoms with E-state index in [4.69, 9.17) is 15.5 Å². The molecule has 1 saturated heterocycles. The van der Waals surface area contributed by atoms with Crippen molar-refractivity contribution in [1.82, 2.24) is 25.5 Å². The molecule has 3 atom stereocenters. The second kappa shape index (κ2) is 16.6. The molecule has 3 aromatic rings. The Hall–Kier alpha value is -6.10. The van der Waals surface area contributed by atoms with Crippen LogP contribution in [-0.4, -0.2) is 95.2 Å². The second-order valence-electron chi connectivity index (χ2n) is 14.8. The molecule has 57 heavy (non-hydrogen) atoms. The van der Waals surface area contributed by atoms with Gasteiger partial charge in [-0.2, -0.15) is 4.98 Å². The summed E-state index contributed by atoms with van der Waals surface area (Å²) in [4.78, 5) is 91.3. The largest absolute Gasteiger partial charge is 0.495 e. The number of methoxy groups -OCH3 is 1. The molecule has 0 spiro atoms. The molecule has 1 aromatic heterocycles. The Morgan fingerprint density at radius 1 is 1.07 bits per heavy atom. The van der Waals surface area contributed by atoms with Crippen molar-refractivity contribution in [3.8, 4) is 5.75 Å².